The largest absolute Gasteiger partial charge is 0.504 e. The van der Waals surface area contributed by atoms with Gasteiger partial charge in [-0.25, -0.2) is 8.42 Å². The number of aromatic hydroxyl groups is 1. The van der Waals surface area contributed by atoms with Gasteiger partial charge in [0.1, 0.15) is 5.69 Å². The number of aromatic nitrogens is 2. The lowest BCUT2D eigenvalue weighted by Crippen LogP contribution is -2.30. The number of aryl methyl sites for hydroxylation is 1. The molecule has 0 saturated carbocycles. The van der Waals surface area contributed by atoms with Crippen molar-refractivity contribution in [1.29, 1.82) is 0 Å². The van der Waals surface area contributed by atoms with Gasteiger partial charge in [0.2, 0.25) is 0 Å². The molecule has 3 aromatic carbocycles. The van der Waals surface area contributed by atoms with E-state index in [1.54, 1.807) is 27.8 Å². The number of rotatable bonds is 7. The number of ether oxygens (including phenoxy) is 1. The lowest BCUT2D eigenvalue weighted by atomic mass is 9.95. The second kappa shape index (κ2) is 10.1. The summed E-state index contributed by atoms with van der Waals surface area (Å²) in [6, 6.07) is 22.0. The van der Waals surface area contributed by atoms with Crippen LogP contribution in [0.2, 0.25) is 0 Å². The molecule has 0 radical (unpaired) electrons. The van der Waals surface area contributed by atoms with E-state index in [1.165, 1.54) is 0 Å². The SMILES string of the molecule is CCOc1cc([C@@H]2c3c(-c4ccc(C)cc4)nn([C@@H]4CCS(=O)(=O)C4)c3C(=O)N2Cc2ccccc2)ccc1O. The highest BCUT2D eigenvalue weighted by atomic mass is 32.2. The van der Waals surface area contributed by atoms with E-state index in [4.69, 9.17) is 9.84 Å². The van der Waals surface area contributed by atoms with Crippen molar-refractivity contribution >= 4 is 15.7 Å². The van der Waals surface area contributed by atoms with E-state index >= 15 is 0 Å². The smallest absolute Gasteiger partial charge is 0.273 e. The van der Waals surface area contributed by atoms with Crippen molar-refractivity contribution in [2.45, 2.75) is 38.9 Å². The Kier molecular flexibility index (Phi) is 6.62. The Balaban J connectivity index is 1.58. The molecular formula is C31H31N3O5S. The number of amides is 1. The van der Waals surface area contributed by atoms with Gasteiger partial charge in [0.25, 0.3) is 5.91 Å². The number of hydrogen-bond acceptors (Lipinski definition) is 6. The summed E-state index contributed by atoms with van der Waals surface area (Å²) < 4.78 is 32.3. The molecule has 4 aromatic rings. The minimum absolute atomic E-state index is 0.0235. The monoisotopic (exact) mass is 557 g/mol. The Morgan fingerprint density at radius 1 is 1.05 bits per heavy atom. The van der Waals surface area contributed by atoms with Crippen LogP contribution < -0.4 is 4.74 Å². The van der Waals surface area contributed by atoms with Crippen LogP contribution in [-0.4, -0.2) is 52.2 Å². The number of hydrogen-bond donors (Lipinski definition) is 1. The Bertz CT molecular complexity index is 1680. The van der Waals surface area contributed by atoms with Gasteiger partial charge in [0.15, 0.2) is 21.3 Å². The van der Waals surface area contributed by atoms with Crippen LogP contribution in [0.1, 0.15) is 58.2 Å². The lowest BCUT2D eigenvalue weighted by molar-refractivity contribution is 0.0722. The van der Waals surface area contributed by atoms with Crippen molar-refractivity contribution in [3.8, 4) is 22.8 Å². The van der Waals surface area contributed by atoms with Crippen molar-refractivity contribution in [2.24, 2.45) is 0 Å². The number of fused-ring (bicyclic) bond motifs is 1. The molecule has 2 aliphatic heterocycles. The summed E-state index contributed by atoms with van der Waals surface area (Å²) in [6.07, 6.45) is 0.411. The van der Waals surface area contributed by atoms with Gasteiger partial charge in [-0.2, -0.15) is 5.10 Å². The fourth-order valence-corrected chi connectivity index (χ4v) is 7.44. The molecule has 0 aliphatic carbocycles. The zero-order chi connectivity index (χ0) is 28.0. The van der Waals surface area contributed by atoms with Gasteiger partial charge in [-0.05, 0) is 43.5 Å². The van der Waals surface area contributed by atoms with Gasteiger partial charge in [0.05, 0.1) is 35.9 Å². The van der Waals surface area contributed by atoms with Crippen molar-refractivity contribution in [3.63, 3.8) is 0 Å². The number of carbonyl (C=O) groups is 1. The zero-order valence-corrected chi connectivity index (χ0v) is 23.3. The number of carbonyl (C=O) groups excluding carboxylic acids is 1. The van der Waals surface area contributed by atoms with E-state index in [1.807, 2.05) is 68.4 Å². The topological polar surface area (TPSA) is 102 Å². The van der Waals surface area contributed by atoms with Crippen LogP contribution in [0.4, 0.5) is 0 Å². The van der Waals surface area contributed by atoms with Crippen molar-refractivity contribution in [3.05, 3.63) is 101 Å². The first-order valence-electron chi connectivity index (χ1n) is 13.5. The Morgan fingerprint density at radius 2 is 1.80 bits per heavy atom. The second-order valence-corrected chi connectivity index (χ2v) is 12.7. The van der Waals surface area contributed by atoms with Crippen LogP contribution in [-0.2, 0) is 16.4 Å². The Hall–Kier alpha value is -4.11. The average molecular weight is 558 g/mol. The molecule has 3 heterocycles. The fourth-order valence-electron chi connectivity index (χ4n) is 5.75. The third kappa shape index (κ3) is 4.64. The zero-order valence-electron chi connectivity index (χ0n) is 22.4. The highest BCUT2D eigenvalue weighted by Crippen LogP contribution is 2.47. The van der Waals surface area contributed by atoms with E-state index in [9.17, 15) is 18.3 Å². The van der Waals surface area contributed by atoms with Crippen LogP contribution in [0.25, 0.3) is 11.3 Å². The molecule has 0 spiro atoms. The average Bonchev–Trinajstić information content (AvgIpc) is 3.58. The highest BCUT2D eigenvalue weighted by molar-refractivity contribution is 7.91. The van der Waals surface area contributed by atoms with Gasteiger partial charge in [-0.1, -0.05) is 66.2 Å². The molecule has 1 fully saturated rings. The maximum absolute atomic E-state index is 14.3. The first-order valence-corrected chi connectivity index (χ1v) is 15.3. The van der Waals surface area contributed by atoms with Gasteiger partial charge in [-0.3, -0.25) is 9.48 Å². The molecule has 206 valence electrons. The molecule has 1 saturated heterocycles. The van der Waals surface area contributed by atoms with E-state index in [-0.39, 0.29) is 23.2 Å². The van der Waals surface area contributed by atoms with Crippen LogP contribution in [0.5, 0.6) is 11.5 Å². The molecule has 2 atom stereocenters. The van der Waals surface area contributed by atoms with E-state index in [2.05, 4.69) is 0 Å². The molecule has 9 heteroatoms. The molecule has 1 N–H and O–H groups in total. The summed E-state index contributed by atoms with van der Waals surface area (Å²) in [5.74, 6) is 0.193. The second-order valence-electron chi connectivity index (χ2n) is 10.5. The minimum Gasteiger partial charge on any atom is -0.504 e. The number of benzene rings is 3. The van der Waals surface area contributed by atoms with Crippen molar-refractivity contribution < 1.29 is 23.1 Å². The van der Waals surface area contributed by atoms with Crippen LogP contribution >= 0.6 is 0 Å². The number of sulfone groups is 1. The molecule has 6 rings (SSSR count). The van der Waals surface area contributed by atoms with Gasteiger partial charge in [0, 0.05) is 17.7 Å². The van der Waals surface area contributed by atoms with Crippen molar-refractivity contribution in [2.75, 3.05) is 18.1 Å². The standard InChI is InChI=1S/C31H31N3O5S/c1-3-39-26-17-23(13-14-25(26)35)29-27-28(22-11-9-20(2)10-12-22)32-34(24-15-16-40(37,38)19-24)30(27)31(36)33(29)18-21-7-5-4-6-8-21/h4-14,17,24,29,35H,3,15-16,18-19H2,1-2H3/t24-,29-/m1/s1. The van der Waals surface area contributed by atoms with E-state index in [0.29, 0.717) is 36.7 Å². The summed E-state index contributed by atoms with van der Waals surface area (Å²) in [5.41, 5.74) is 5.50. The highest BCUT2D eigenvalue weighted by Gasteiger charge is 2.46. The summed E-state index contributed by atoms with van der Waals surface area (Å²) in [7, 11) is -3.21. The third-order valence-electron chi connectivity index (χ3n) is 7.67. The molecule has 1 amide bonds. The first-order chi connectivity index (χ1) is 19.3. The normalized spacial score (nSPS) is 19.6. The summed E-state index contributed by atoms with van der Waals surface area (Å²) in [5, 5.41) is 15.4. The predicted molar refractivity (Wildman–Crippen MR) is 152 cm³/mol. The summed E-state index contributed by atoms with van der Waals surface area (Å²) in [4.78, 5) is 16.1. The number of phenolic OH excluding ortho intramolecular Hbond substituents is 1. The predicted octanol–water partition coefficient (Wildman–Crippen LogP) is 5.07. The first kappa shape index (κ1) is 26.1. The molecule has 1 aromatic heterocycles. The van der Waals surface area contributed by atoms with Crippen molar-refractivity contribution in [1.82, 2.24) is 14.7 Å². The quantitative estimate of drug-likeness (QED) is 0.341. The molecule has 40 heavy (non-hydrogen) atoms. The fraction of sp³-hybridized carbons (Fsp3) is 0.290. The van der Waals surface area contributed by atoms with Crippen LogP contribution in [0.3, 0.4) is 0 Å². The molecule has 8 nitrogen and oxygen atoms in total. The maximum Gasteiger partial charge on any atom is 0.273 e. The van der Waals surface area contributed by atoms with Gasteiger partial charge >= 0.3 is 0 Å². The number of phenols is 1. The molecule has 2 aliphatic rings. The minimum atomic E-state index is -3.21. The maximum atomic E-state index is 14.3. The van der Waals surface area contributed by atoms with E-state index < -0.39 is 21.9 Å². The molecular weight excluding hydrogens is 526 g/mol. The van der Waals surface area contributed by atoms with Crippen LogP contribution in [0.15, 0.2) is 72.8 Å². The van der Waals surface area contributed by atoms with E-state index in [0.717, 1.165) is 27.8 Å². The summed E-state index contributed by atoms with van der Waals surface area (Å²) >= 11 is 0. The molecule has 0 bridgehead atoms. The van der Waals surface area contributed by atoms with Crippen LogP contribution in [0, 0.1) is 6.92 Å². The summed E-state index contributed by atoms with van der Waals surface area (Å²) in [6.45, 7) is 4.58. The van der Waals surface area contributed by atoms with Gasteiger partial charge < -0.3 is 14.7 Å². The lowest BCUT2D eigenvalue weighted by Gasteiger charge is -2.27. The number of nitrogens with zero attached hydrogens (tertiary/aromatic N) is 3. The molecule has 0 unspecified atom stereocenters. The Morgan fingerprint density at radius 3 is 2.48 bits per heavy atom. The Labute approximate surface area is 233 Å². The van der Waals surface area contributed by atoms with Gasteiger partial charge in [-0.15, -0.1) is 0 Å². The third-order valence-corrected chi connectivity index (χ3v) is 9.42.